The van der Waals surface area contributed by atoms with Gasteiger partial charge in [0.2, 0.25) is 0 Å². The van der Waals surface area contributed by atoms with Crippen LogP contribution in [0.1, 0.15) is 12.5 Å². The molecule has 5 heteroatoms. The van der Waals surface area contributed by atoms with Crippen molar-refractivity contribution in [1.29, 1.82) is 0 Å². The fourth-order valence-electron chi connectivity index (χ4n) is 2.27. The minimum Gasteiger partial charge on any atom is -0.376 e. The summed E-state index contributed by atoms with van der Waals surface area (Å²) in [5.74, 6) is -0.178. The lowest BCUT2D eigenvalue weighted by Gasteiger charge is -2.31. The fraction of sp³-hybridized carbons (Fsp3) is 0.571. The van der Waals surface area contributed by atoms with Crippen LogP contribution < -0.4 is 5.32 Å². The second kappa shape index (κ2) is 7.33. The van der Waals surface area contributed by atoms with Crippen LogP contribution in [-0.4, -0.2) is 38.5 Å². The van der Waals surface area contributed by atoms with Crippen molar-refractivity contribution in [1.82, 2.24) is 5.32 Å². The van der Waals surface area contributed by atoms with Crippen LogP contribution >= 0.6 is 15.9 Å². The van der Waals surface area contributed by atoms with E-state index in [1.165, 1.54) is 6.07 Å². The van der Waals surface area contributed by atoms with E-state index < -0.39 is 0 Å². The maximum atomic E-state index is 13.8. The number of rotatable bonds is 5. The molecule has 0 radical (unpaired) electrons. The molecule has 1 aromatic carbocycles. The topological polar surface area (TPSA) is 30.5 Å². The summed E-state index contributed by atoms with van der Waals surface area (Å²) >= 11 is 3.38. The summed E-state index contributed by atoms with van der Waals surface area (Å²) in [7, 11) is 0. The minimum atomic E-state index is -0.178. The van der Waals surface area contributed by atoms with Crippen molar-refractivity contribution in [2.75, 3.05) is 26.4 Å². The van der Waals surface area contributed by atoms with Gasteiger partial charge in [-0.05, 0) is 36.7 Å². The molecule has 1 fully saturated rings. The van der Waals surface area contributed by atoms with E-state index >= 15 is 0 Å². The van der Waals surface area contributed by atoms with Gasteiger partial charge in [-0.1, -0.05) is 22.9 Å². The van der Waals surface area contributed by atoms with E-state index in [4.69, 9.17) is 9.47 Å². The standard InChI is InChI=1S/C14H19BrFNO2/c1-2-17-13(14-9-18-5-6-19-14)8-10-7-11(15)3-4-12(10)16/h3-4,7,13-14,17H,2,5-6,8-9H2,1H3. The van der Waals surface area contributed by atoms with Gasteiger partial charge in [0.25, 0.3) is 0 Å². The molecule has 1 aliphatic rings. The van der Waals surface area contributed by atoms with Gasteiger partial charge in [0, 0.05) is 10.5 Å². The molecule has 0 amide bonds. The highest BCUT2D eigenvalue weighted by atomic mass is 79.9. The molecule has 0 aliphatic carbocycles. The van der Waals surface area contributed by atoms with Gasteiger partial charge in [0.05, 0.1) is 25.9 Å². The highest BCUT2D eigenvalue weighted by Crippen LogP contribution is 2.19. The third kappa shape index (κ3) is 4.24. The zero-order valence-electron chi connectivity index (χ0n) is 11.0. The van der Waals surface area contributed by atoms with E-state index in [0.717, 1.165) is 11.0 Å². The third-order valence-corrected chi connectivity index (χ3v) is 3.70. The first-order chi connectivity index (χ1) is 9.20. The smallest absolute Gasteiger partial charge is 0.126 e. The summed E-state index contributed by atoms with van der Waals surface area (Å²) < 4.78 is 25.9. The number of hydrogen-bond acceptors (Lipinski definition) is 3. The maximum absolute atomic E-state index is 13.8. The third-order valence-electron chi connectivity index (χ3n) is 3.20. The van der Waals surface area contributed by atoms with Gasteiger partial charge >= 0.3 is 0 Å². The first-order valence-corrected chi connectivity index (χ1v) is 7.36. The van der Waals surface area contributed by atoms with Gasteiger partial charge in [-0.3, -0.25) is 0 Å². The average Bonchev–Trinajstić information content (AvgIpc) is 2.43. The predicted octanol–water partition coefficient (Wildman–Crippen LogP) is 2.52. The van der Waals surface area contributed by atoms with Gasteiger partial charge in [-0.15, -0.1) is 0 Å². The summed E-state index contributed by atoms with van der Waals surface area (Å²) in [6.07, 6.45) is 0.569. The number of ether oxygens (including phenoxy) is 2. The van der Waals surface area contributed by atoms with Crippen molar-refractivity contribution >= 4 is 15.9 Å². The van der Waals surface area contributed by atoms with Crippen molar-refractivity contribution in [3.05, 3.63) is 34.1 Å². The van der Waals surface area contributed by atoms with Crippen molar-refractivity contribution in [3.8, 4) is 0 Å². The molecule has 1 saturated heterocycles. The van der Waals surface area contributed by atoms with E-state index in [9.17, 15) is 4.39 Å². The minimum absolute atomic E-state index is 0.0212. The molecule has 1 aliphatic heterocycles. The Balaban J connectivity index is 2.08. The molecule has 0 spiro atoms. The Kier molecular flexibility index (Phi) is 5.76. The number of benzene rings is 1. The monoisotopic (exact) mass is 331 g/mol. The fourth-order valence-corrected chi connectivity index (χ4v) is 2.68. The number of halogens is 2. The summed E-state index contributed by atoms with van der Waals surface area (Å²) in [4.78, 5) is 0. The lowest BCUT2D eigenvalue weighted by Crippen LogP contribution is -2.48. The van der Waals surface area contributed by atoms with Crippen LogP contribution in [0.25, 0.3) is 0 Å². The normalized spacial score (nSPS) is 21.3. The van der Waals surface area contributed by atoms with Crippen LogP contribution in [0.5, 0.6) is 0 Å². The van der Waals surface area contributed by atoms with Crippen LogP contribution in [0.4, 0.5) is 4.39 Å². The molecule has 2 rings (SSSR count). The highest BCUT2D eigenvalue weighted by Gasteiger charge is 2.25. The number of nitrogens with one attached hydrogen (secondary N) is 1. The number of likely N-dealkylation sites (N-methyl/N-ethyl adjacent to an activating group) is 1. The van der Waals surface area contributed by atoms with Gasteiger partial charge in [-0.2, -0.15) is 0 Å². The van der Waals surface area contributed by atoms with Gasteiger partial charge < -0.3 is 14.8 Å². The van der Waals surface area contributed by atoms with Crippen molar-refractivity contribution < 1.29 is 13.9 Å². The molecule has 2 unspecified atom stereocenters. The molecule has 1 aromatic rings. The Morgan fingerprint density at radius 3 is 3.00 bits per heavy atom. The molecular formula is C14H19BrFNO2. The maximum Gasteiger partial charge on any atom is 0.126 e. The van der Waals surface area contributed by atoms with E-state index in [0.29, 0.717) is 31.8 Å². The van der Waals surface area contributed by atoms with Crippen LogP contribution in [-0.2, 0) is 15.9 Å². The van der Waals surface area contributed by atoms with E-state index in [-0.39, 0.29) is 18.0 Å². The molecule has 0 aromatic heterocycles. The Labute approximate surface area is 121 Å². The molecule has 3 nitrogen and oxygen atoms in total. The van der Waals surface area contributed by atoms with Gasteiger partial charge in [-0.25, -0.2) is 4.39 Å². The largest absolute Gasteiger partial charge is 0.376 e. The number of hydrogen-bond donors (Lipinski definition) is 1. The summed E-state index contributed by atoms with van der Waals surface area (Å²) in [6.45, 7) is 4.66. The summed E-state index contributed by atoms with van der Waals surface area (Å²) in [5, 5.41) is 3.36. The van der Waals surface area contributed by atoms with Crippen LogP contribution in [0.15, 0.2) is 22.7 Å². The molecule has 2 atom stereocenters. The molecule has 1 heterocycles. The van der Waals surface area contributed by atoms with Crippen molar-refractivity contribution in [2.24, 2.45) is 0 Å². The van der Waals surface area contributed by atoms with Crippen LogP contribution in [0, 0.1) is 5.82 Å². The summed E-state index contributed by atoms with van der Waals surface area (Å²) in [6, 6.07) is 5.08. The van der Waals surface area contributed by atoms with Crippen LogP contribution in [0.2, 0.25) is 0 Å². The Hall–Kier alpha value is -0.490. The lowest BCUT2D eigenvalue weighted by atomic mass is 10.0. The van der Waals surface area contributed by atoms with Gasteiger partial charge in [0.15, 0.2) is 0 Å². The molecule has 106 valence electrons. The van der Waals surface area contributed by atoms with Crippen LogP contribution in [0.3, 0.4) is 0 Å². The Morgan fingerprint density at radius 1 is 1.47 bits per heavy atom. The molecule has 0 saturated carbocycles. The zero-order valence-corrected chi connectivity index (χ0v) is 12.6. The van der Waals surface area contributed by atoms with Gasteiger partial charge in [0.1, 0.15) is 5.82 Å². The first kappa shape index (κ1) is 14.9. The van der Waals surface area contributed by atoms with E-state index in [1.807, 2.05) is 13.0 Å². The SMILES string of the molecule is CCNC(Cc1cc(Br)ccc1F)C1COCCO1. The quantitative estimate of drug-likeness (QED) is 0.899. The second-order valence-corrected chi connectivity index (χ2v) is 5.50. The second-order valence-electron chi connectivity index (χ2n) is 4.59. The first-order valence-electron chi connectivity index (χ1n) is 6.57. The van der Waals surface area contributed by atoms with Crippen molar-refractivity contribution in [2.45, 2.75) is 25.5 Å². The molecule has 0 bridgehead atoms. The lowest BCUT2D eigenvalue weighted by molar-refractivity contribution is -0.101. The van der Waals surface area contributed by atoms with Crippen molar-refractivity contribution in [3.63, 3.8) is 0 Å². The highest BCUT2D eigenvalue weighted by molar-refractivity contribution is 9.10. The molecule has 1 N–H and O–H groups in total. The Bertz CT molecular complexity index is 410. The molecule has 19 heavy (non-hydrogen) atoms. The molecular weight excluding hydrogens is 313 g/mol. The average molecular weight is 332 g/mol. The predicted molar refractivity (Wildman–Crippen MR) is 75.8 cm³/mol. The zero-order chi connectivity index (χ0) is 13.7. The Morgan fingerprint density at radius 2 is 2.32 bits per heavy atom. The van der Waals surface area contributed by atoms with E-state index in [1.54, 1.807) is 6.07 Å². The van der Waals surface area contributed by atoms with E-state index in [2.05, 4.69) is 21.2 Å². The summed E-state index contributed by atoms with van der Waals surface area (Å²) in [5.41, 5.74) is 0.689.